The number of hydrogen-bond donors (Lipinski definition) is 1. The first kappa shape index (κ1) is 24.7. The number of halogens is 1. The monoisotopic (exact) mass is 543 g/mol. The van der Waals surface area contributed by atoms with Crippen molar-refractivity contribution in [2.75, 3.05) is 38.2 Å². The molecule has 0 bridgehead atoms. The molecule has 1 amide bonds. The summed E-state index contributed by atoms with van der Waals surface area (Å²) in [7, 11) is -3.72. The van der Waals surface area contributed by atoms with Crippen LogP contribution in [0.25, 0.3) is 20.8 Å². The summed E-state index contributed by atoms with van der Waals surface area (Å²) in [6.07, 6.45) is 0. The van der Waals surface area contributed by atoms with Gasteiger partial charge in [0.15, 0.2) is 6.61 Å². The zero-order valence-corrected chi connectivity index (χ0v) is 21.4. The largest absolute Gasteiger partial charge is 0.484 e. The predicted molar refractivity (Wildman–Crippen MR) is 140 cm³/mol. The Bertz CT molecular complexity index is 1470. The smallest absolute Gasteiger partial charge is 0.262 e. The summed E-state index contributed by atoms with van der Waals surface area (Å²) in [5.74, 6) is 0.0535. The third kappa shape index (κ3) is 5.37. The summed E-state index contributed by atoms with van der Waals surface area (Å²) in [4.78, 5) is 17.2. The van der Waals surface area contributed by atoms with Gasteiger partial charge in [-0.15, -0.1) is 11.3 Å². The van der Waals surface area contributed by atoms with Gasteiger partial charge in [0.1, 0.15) is 10.8 Å². The Morgan fingerprint density at radius 1 is 1.08 bits per heavy atom. The summed E-state index contributed by atoms with van der Waals surface area (Å²) in [6, 6.07) is 19.5. The van der Waals surface area contributed by atoms with Gasteiger partial charge in [-0.2, -0.15) is 4.31 Å². The van der Waals surface area contributed by atoms with Crippen molar-refractivity contribution in [3.8, 4) is 16.3 Å². The number of carbonyl (C=O) groups is 1. The lowest BCUT2D eigenvalue weighted by Crippen LogP contribution is -2.40. The molecule has 1 aliphatic heterocycles. The van der Waals surface area contributed by atoms with E-state index < -0.39 is 15.9 Å². The van der Waals surface area contributed by atoms with Gasteiger partial charge in [0.25, 0.3) is 5.91 Å². The van der Waals surface area contributed by atoms with Crippen LogP contribution in [0.15, 0.2) is 71.6 Å². The van der Waals surface area contributed by atoms with Crippen LogP contribution in [0.2, 0.25) is 5.02 Å². The molecule has 1 aliphatic rings. The fourth-order valence-corrected chi connectivity index (χ4v) is 6.29. The molecule has 3 aromatic carbocycles. The number of hydrogen-bond acceptors (Lipinski definition) is 7. The highest BCUT2D eigenvalue weighted by molar-refractivity contribution is 7.89. The van der Waals surface area contributed by atoms with Crippen LogP contribution in [0.5, 0.6) is 5.75 Å². The van der Waals surface area contributed by atoms with Crippen LogP contribution in [-0.4, -0.2) is 56.5 Å². The van der Waals surface area contributed by atoms with Crippen LogP contribution < -0.4 is 10.1 Å². The summed E-state index contributed by atoms with van der Waals surface area (Å²) in [5, 5.41) is 3.77. The van der Waals surface area contributed by atoms with Crippen molar-refractivity contribution in [3.05, 3.63) is 71.8 Å². The number of aromatic nitrogens is 1. The third-order valence-electron chi connectivity index (χ3n) is 5.58. The van der Waals surface area contributed by atoms with Crippen LogP contribution in [0.1, 0.15) is 0 Å². The van der Waals surface area contributed by atoms with E-state index in [4.69, 9.17) is 21.1 Å². The van der Waals surface area contributed by atoms with Crippen LogP contribution in [-0.2, 0) is 19.6 Å². The SMILES string of the molecule is O=C(COc1ccc(-c2nc3ccccc3s2)cc1)Nc1cc(S(=O)(=O)N2CCOCC2)ccc1Cl. The van der Waals surface area contributed by atoms with Gasteiger partial charge >= 0.3 is 0 Å². The number of anilines is 1. The van der Waals surface area contributed by atoms with Crippen molar-refractivity contribution >= 4 is 54.8 Å². The van der Waals surface area contributed by atoms with Gasteiger partial charge < -0.3 is 14.8 Å². The molecule has 8 nitrogen and oxygen atoms in total. The molecule has 0 unspecified atom stereocenters. The first-order valence-corrected chi connectivity index (χ1v) is 13.8. The highest BCUT2D eigenvalue weighted by atomic mass is 35.5. The summed E-state index contributed by atoms with van der Waals surface area (Å²) < 4.78 is 39.1. The lowest BCUT2D eigenvalue weighted by molar-refractivity contribution is -0.118. The number of morpholine rings is 1. The molecule has 1 fully saturated rings. The first-order valence-electron chi connectivity index (χ1n) is 11.2. The van der Waals surface area contributed by atoms with Gasteiger partial charge in [-0.1, -0.05) is 23.7 Å². The minimum atomic E-state index is -3.72. The van der Waals surface area contributed by atoms with E-state index in [1.54, 1.807) is 23.5 Å². The number of fused-ring (bicyclic) bond motifs is 1. The Labute approximate surface area is 217 Å². The molecular formula is C25H22ClN3O5S2. The predicted octanol–water partition coefficient (Wildman–Crippen LogP) is 4.66. The number of thiazole rings is 1. The molecule has 0 saturated carbocycles. The Hall–Kier alpha value is -3.02. The molecule has 0 radical (unpaired) electrons. The lowest BCUT2D eigenvalue weighted by Gasteiger charge is -2.26. The maximum absolute atomic E-state index is 12.9. The van der Waals surface area contributed by atoms with Crippen LogP contribution in [0, 0.1) is 0 Å². The second-order valence-corrected chi connectivity index (χ2v) is 11.4. The maximum Gasteiger partial charge on any atom is 0.262 e. The minimum absolute atomic E-state index is 0.0513. The fraction of sp³-hybridized carbons (Fsp3) is 0.200. The Balaban J connectivity index is 1.22. The molecule has 0 atom stereocenters. The average molecular weight is 544 g/mol. The zero-order valence-electron chi connectivity index (χ0n) is 19.0. The molecule has 11 heteroatoms. The van der Waals surface area contributed by atoms with Crippen LogP contribution in [0.3, 0.4) is 0 Å². The standard InChI is InChI=1S/C25H22ClN3O5S2/c26-20-10-9-19(36(31,32)29-11-13-33-14-12-29)15-22(20)27-24(30)16-34-18-7-5-17(6-8-18)25-28-21-3-1-2-4-23(21)35-25/h1-10,15H,11-14,16H2,(H,27,30). The average Bonchev–Trinajstić information content (AvgIpc) is 3.34. The van der Waals surface area contributed by atoms with Crippen molar-refractivity contribution < 1.29 is 22.7 Å². The molecular weight excluding hydrogens is 522 g/mol. The molecule has 4 aromatic rings. The van der Waals surface area contributed by atoms with E-state index in [2.05, 4.69) is 10.3 Å². The number of ether oxygens (including phenoxy) is 2. The number of rotatable bonds is 7. The van der Waals surface area contributed by atoms with Gasteiger partial charge in [-0.3, -0.25) is 4.79 Å². The van der Waals surface area contributed by atoms with E-state index >= 15 is 0 Å². The van der Waals surface area contributed by atoms with E-state index in [0.717, 1.165) is 20.8 Å². The quantitative estimate of drug-likeness (QED) is 0.364. The number of sulfonamides is 1. The Morgan fingerprint density at radius 2 is 1.83 bits per heavy atom. The highest BCUT2D eigenvalue weighted by Gasteiger charge is 2.27. The summed E-state index contributed by atoms with van der Waals surface area (Å²) in [5.41, 5.74) is 2.11. The lowest BCUT2D eigenvalue weighted by atomic mass is 10.2. The number of amides is 1. The van der Waals surface area contributed by atoms with E-state index in [9.17, 15) is 13.2 Å². The number of carbonyl (C=O) groups excluding carboxylic acids is 1. The Morgan fingerprint density at radius 3 is 2.58 bits per heavy atom. The van der Waals surface area contributed by atoms with Gasteiger partial charge in [0.05, 0.1) is 39.0 Å². The molecule has 1 saturated heterocycles. The van der Waals surface area contributed by atoms with Crippen molar-refractivity contribution in [1.82, 2.24) is 9.29 Å². The first-order chi connectivity index (χ1) is 17.4. The zero-order chi connectivity index (χ0) is 25.1. The van der Waals surface area contributed by atoms with Gasteiger partial charge in [0, 0.05) is 18.7 Å². The van der Waals surface area contributed by atoms with Gasteiger partial charge in [-0.05, 0) is 54.6 Å². The number of benzene rings is 3. The van der Waals surface area contributed by atoms with E-state index in [0.29, 0.717) is 19.0 Å². The summed E-state index contributed by atoms with van der Waals surface area (Å²) >= 11 is 7.82. The second kappa shape index (κ2) is 10.5. The van der Waals surface area contributed by atoms with E-state index in [-0.39, 0.29) is 35.3 Å². The Kier molecular flexibility index (Phi) is 7.22. The molecule has 36 heavy (non-hydrogen) atoms. The van der Waals surface area contributed by atoms with Crippen molar-refractivity contribution in [1.29, 1.82) is 0 Å². The number of para-hydroxylation sites is 1. The molecule has 1 N–H and O–H groups in total. The fourth-order valence-electron chi connectivity index (χ4n) is 3.72. The summed E-state index contributed by atoms with van der Waals surface area (Å²) in [6.45, 7) is 0.971. The normalized spacial score (nSPS) is 14.6. The third-order valence-corrected chi connectivity index (χ3v) is 8.89. The minimum Gasteiger partial charge on any atom is -0.484 e. The number of nitrogens with zero attached hydrogens (tertiary/aromatic N) is 2. The van der Waals surface area contributed by atoms with E-state index in [1.165, 1.54) is 22.5 Å². The molecule has 186 valence electrons. The highest BCUT2D eigenvalue weighted by Crippen LogP contribution is 2.31. The van der Waals surface area contributed by atoms with Crippen molar-refractivity contribution in [3.63, 3.8) is 0 Å². The van der Waals surface area contributed by atoms with Crippen molar-refractivity contribution in [2.24, 2.45) is 0 Å². The second-order valence-electron chi connectivity index (χ2n) is 8.01. The van der Waals surface area contributed by atoms with Crippen molar-refractivity contribution in [2.45, 2.75) is 4.90 Å². The molecule has 2 heterocycles. The van der Waals surface area contributed by atoms with E-state index in [1.807, 2.05) is 36.4 Å². The van der Waals surface area contributed by atoms with Crippen LogP contribution in [0.4, 0.5) is 5.69 Å². The molecule has 0 spiro atoms. The van der Waals surface area contributed by atoms with Gasteiger partial charge in [-0.25, -0.2) is 13.4 Å². The molecule has 5 rings (SSSR count). The topological polar surface area (TPSA) is 97.8 Å². The number of nitrogens with one attached hydrogen (secondary N) is 1. The van der Waals surface area contributed by atoms with Crippen LogP contribution >= 0.6 is 22.9 Å². The molecule has 0 aliphatic carbocycles. The molecule has 1 aromatic heterocycles. The van der Waals surface area contributed by atoms with Gasteiger partial charge in [0.2, 0.25) is 10.0 Å². The maximum atomic E-state index is 12.9.